The van der Waals surface area contributed by atoms with E-state index in [1.165, 1.54) is 11.8 Å². The number of thioether (sulfide) groups is 1. The standard InChI is InChI=1S/C27H40N4O2SSi/c1-17(2)35(18(3)4,19(5)6)14-13-21-15-25(33)31(26-24(21)16-28-27(30-26)34-8)23-11-9-22(10-12-23)29-20(7)32/h15-19,22-23H,9-12H2,1-8H3,(H,29,32). The summed E-state index contributed by atoms with van der Waals surface area (Å²) in [6.45, 7) is 15.3. The van der Waals surface area contributed by atoms with Gasteiger partial charge in [0.25, 0.3) is 5.56 Å². The number of carbonyl (C=O) groups is 1. The molecule has 0 saturated heterocycles. The Morgan fingerprint density at radius 1 is 1.11 bits per heavy atom. The summed E-state index contributed by atoms with van der Waals surface area (Å²) >= 11 is 1.47. The Labute approximate surface area is 215 Å². The number of nitrogens with one attached hydrogen (secondary N) is 1. The van der Waals surface area contributed by atoms with Crippen LogP contribution in [0.1, 0.15) is 85.8 Å². The van der Waals surface area contributed by atoms with Gasteiger partial charge >= 0.3 is 0 Å². The molecule has 35 heavy (non-hydrogen) atoms. The van der Waals surface area contributed by atoms with E-state index in [1.54, 1.807) is 13.0 Å². The average molecular weight is 513 g/mol. The molecule has 2 aromatic rings. The first-order valence-electron chi connectivity index (χ1n) is 12.8. The van der Waals surface area contributed by atoms with Gasteiger partial charge < -0.3 is 5.32 Å². The van der Waals surface area contributed by atoms with Crippen molar-refractivity contribution in [2.45, 2.75) is 108 Å². The number of pyridine rings is 1. The highest BCUT2D eigenvalue weighted by molar-refractivity contribution is 7.98. The van der Waals surface area contributed by atoms with Crippen LogP contribution in [0.25, 0.3) is 11.0 Å². The summed E-state index contributed by atoms with van der Waals surface area (Å²) in [7, 11) is -1.95. The molecular formula is C27H40N4O2SSi. The summed E-state index contributed by atoms with van der Waals surface area (Å²) in [5.74, 6) is 3.47. The van der Waals surface area contributed by atoms with Crippen LogP contribution >= 0.6 is 11.8 Å². The number of carbonyl (C=O) groups excluding carboxylic acids is 1. The molecule has 8 heteroatoms. The van der Waals surface area contributed by atoms with E-state index in [0.29, 0.717) is 27.4 Å². The maximum absolute atomic E-state index is 13.5. The Morgan fingerprint density at radius 3 is 2.23 bits per heavy atom. The van der Waals surface area contributed by atoms with E-state index in [1.807, 2.05) is 17.0 Å². The molecule has 2 aromatic heterocycles. The molecule has 0 atom stereocenters. The van der Waals surface area contributed by atoms with Gasteiger partial charge in [-0.3, -0.25) is 14.2 Å². The van der Waals surface area contributed by atoms with Gasteiger partial charge in [0.1, 0.15) is 13.7 Å². The average Bonchev–Trinajstić information content (AvgIpc) is 2.78. The van der Waals surface area contributed by atoms with Crippen LogP contribution in [0.3, 0.4) is 0 Å². The largest absolute Gasteiger partial charge is 0.354 e. The molecule has 190 valence electrons. The van der Waals surface area contributed by atoms with E-state index < -0.39 is 8.07 Å². The summed E-state index contributed by atoms with van der Waals surface area (Å²) in [5.41, 5.74) is 6.66. The van der Waals surface area contributed by atoms with Crippen molar-refractivity contribution in [3.05, 3.63) is 28.2 Å². The maximum Gasteiger partial charge on any atom is 0.253 e. The highest BCUT2D eigenvalue weighted by atomic mass is 32.2. The van der Waals surface area contributed by atoms with E-state index in [2.05, 4.69) is 63.3 Å². The van der Waals surface area contributed by atoms with Gasteiger partial charge in [0.15, 0.2) is 5.16 Å². The van der Waals surface area contributed by atoms with Gasteiger partial charge in [-0.25, -0.2) is 9.97 Å². The van der Waals surface area contributed by atoms with Crippen LogP contribution in [0.5, 0.6) is 0 Å². The van der Waals surface area contributed by atoms with Crippen LogP contribution in [-0.4, -0.2) is 40.8 Å². The molecule has 3 rings (SSSR count). The molecular weight excluding hydrogens is 472 g/mol. The summed E-state index contributed by atoms with van der Waals surface area (Å²) in [6, 6.07) is 1.92. The van der Waals surface area contributed by atoms with E-state index in [9.17, 15) is 9.59 Å². The molecule has 0 aromatic carbocycles. The van der Waals surface area contributed by atoms with Crippen molar-refractivity contribution >= 4 is 36.8 Å². The van der Waals surface area contributed by atoms with Crippen LogP contribution in [0, 0.1) is 11.5 Å². The minimum absolute atomic E-state index is 0.000154. The first-order valence-corrected chi connectivity index (χ1v) is 16.2. The van der Waals surface area contributed by atoms with Crippen molar-refractivity contribution in [3.63, 3.8) is 0 Å². The van der Waals surface area contributed by atoms with Gasteiger partial charge in [0.2, 0.25) is 5.91 Å². The van der Waals surface area contributed by atoms with Gasteiger partial charge in [-0.1, -0.05) is 59.2 Å². The van der Waals surface area contributed by atoms with Gasteiger partial charge in [-0.2, -0.15) is 0 Å². The molecule has 1 N–H and O–H groups in total. The Kier molecular flexibility index (Phi) is 8.87. The molecule has 0 unspecified atom stereocenters. The van der Waals surface area contributed by atoms with E-state index in [0.717, 1.165) is 36.6 Å². The number of amides is 1. The molecule has 1 amide bonds. The monoisotopic (exact) mass is 512 g/mol. The number of aromatic nitrogens is 3. The molecule has 0 spiro atoms. The Morgan fingerprint density at radius 2 is 1.71 bits per heavy atom. The van der Waals surface area contributed by atoms with Gasteiger partial charge in [-0.15, -0.1) is 5.54 Å². The Hall–Kier alpha value is -2.11. The summed E-state index contributed by atoms with van der Waals surface area (Å²) < 4.78 is 1.85. The lowest BCUT2D eigenvalue weighted by Crippen LogP contribution is -2.43. The number of hydrogen-bond donors (Lipinski definition) is 1. The molecule has 1 aliphatic rings. The third kappa shape index (κ3) is 5.67. The molecule has 2 heterocycles. The third-order valence-electron chi connectivity index (χ3n) is 7.70. The smallest absolute Gasteiger partial charge is 0.253 e. The van der Waals surface area contributed by atoms with Crippen molar-refractivity contribution in [1.82, 2.24) is 19.9 Å². The first kappa shape index (κ1) is 27.5. The van der Waals surface area contributed by atoms with E-state index >= 15 is 0 Å². The van der Waals surface area contributed by atoms with Gasteiger partial charge in [0, 0.05) is 36.8 Å². The highest BCUT2D eigenvalue weighted by Crippen LogP contribution is 2.41. The normalized spacial score (nSPS) is 18.7. The van der Waals surface area contributed by atoms with Gasteiger partial charge in [-0.05, 0) is 48.6 Å². The molecule has 1 saturated carbocycles. The summed E-state index contributed by atoms with van der Waals surface area (Å²) in [4.78, 5) is 34.3. The maximum atomic E-state index is 13.5. The zero-order chi connectivity index (χ0) is 25.9. The lowest BCUT2D eigenvalue weighted by atomic mass is 9.90. The lowest BCUT2D eigenvalue weighted by molar-refractivity contribution is -0.119. The predicted molar refractivity (Wildman–Crippen MR) is 149 cm³/mol. The molecule has 0 bridgehead atoms. The van der Waals surface area contributed by atoms with Crippen molar-refractivity contribution in [2.75, 3.05) is 6.26 Å². The van der Waals surface area contributed by atoms with Crippen molar-refractivity contribution in [2.24, 2.45) is 0 Å². The lowest BCUT2D eigenvalue weighted by Gasteiger charge is -2.38. The van der Waals surface area contributed by atoms with Crippen LogP contribution in [0.2, 0.25) is 16.6 Å². The first-order chi connectivity index (χ1) is 16.5. The second kappa shape index (κ2) is 11.3. The second-order valence-electron chi connectivity index (χ2n) is 10.7. The zero-order valence-corrected chi connectivity index (χ0v) is 24.3. The van der Waals surface area contributed by atoms with E-state index in [4.69, 9.17) is 4.98 Å². The third-order valence-corrected chi connectivity index (χ3v) is 14.6. The van der Waals surface area contributed by atoms with E-state index in [-0.39, 0.29) is 23.6 Å². The minimum Gasteiger partial charge on any atom is -0.354 e. The zero-order valence-electron chi connectivity index (χ0n) is 22.4. The van der Waals surface area contributed by atoms with Crippen LogP contribution in [0.15, 0.2) is 22.2 Å². The Balaban J connectivity index is 2.13. The summed E-state index contributed by atoms with van der Waals surface area (Å²) in [6.07, 6.45) is 7.14. The highest BCUT2D eigenvalue weighted by Gasteiger charge is 2.41. The number of hydrogen-bond acceptors (Lipinski definition) is 5. The second-order valence-corrected chi connectivity index (χ2v) is 17.1. The fraction of sp³-hybridized carbons (Fsp3) is 0.630. The predicted octanol–water partition coefficient (Wildman–Crippen LogP) is 5.70. The topological polar surface area (TPSA) is 76.9 Å². The van der Waals surface area contributed by atoms with Crippen LogP contribution < -0.4 is 10.9 Å². The van der Waals surface area contributed by atoms with Crippen molar-refractivity contribution < 1.29 is 4.79 Å². The van der Waals surface area contributed by atoms with Crippen LogP contribution in [0.4, 0.5) is 0 Å². The summed E-state index contributed by atoms with van der Waals surface area (Å²) in [5, 5.41) is 4.52. The minimum atomic E-state index is -1.95. The molecule has 6 nitrogen and oxygen atoms in total. The molecule has 0 radical (unpaired) electrons. The fourth-order valence-electron chi connectivity index (χ4n) is 6.04. The van der Waals surface area contributed by atoms with Gasteiger partial charge in [0.05, 0.1) is 5.39 Å². The molecule has 1 fully saturated rings. The molecule has 0 aliphatic heterocycles. The fourth-order valence-corrected chi connectivity index (χ4v) is 11.6. The SMILES string of the molecule is CSc1ncc2c(C#C[Si](C(C)C)(C(C)C)C(C)C)cc(=O)n(C3CCC(NC(C)=O)CC3)c2n1. The van der Waals surface area contributed by atoms with Crippen LogP contribution in [-0.2, 0) is 4.79 Å². The van der Waals surface area contributed by atoms with Crippen molar-refractivity contribution in [3.8, 4) is 11.5 Å². The number of fused-ring (bicyclic) bond motifs is 1. The van der Waals surface area contributed by atoms with Crippen molar-refractivity contribution in [1.29, 1.82) is 0 Å². The Bertz CT molecular complexity index is 1170. The number of rotatable bonds is 6. The number of nitrogens with zero attached hydrogens (tertiary/aromatic N) is 3. The molecule has 1 aliphatic carbocycles. The quantitative estimate of drug-likeness (QED) is 0.232.